The number of rotatable bonds is 6. The largest absolute Gasteiger partial charge is 0.347 e. The van der Waals surface area contributed by atoms with Crippen molar-refractivity contribution in [3.8, 4) is 0 Å². The number of carbonyl (C=O) groups excluding carboxylic acids is 2. The molecule has 0 aliphatic carbocycles. The Labute approximate surface area is 83.7 Å². The van der Waals surface area contributed by atoms with Crippen LogP contribution in [0.2, 0.25) is 0 Å². The highest BCUT2D eigenvalue weighted by molar-refractivity contribution is 7.99. The van der Waals surface area contributed by atoms with Gasteiger partial charge in [0.05, 0.1) is 6.04 Å². The van der Waals surface area contributed by atoms with Crippen molar-refractivity contribution < 1.29 is 9.59 Å². The number of nitrogens with one attached hydrogen (secondary N) is 1. The Hall–Kier alpha value is -0.510. The summed E-state index contributed by atoms with van der Waals surface area (Å²) in [5, 5.41) is 2.64. The second kappa shape index (κ2) is 6.95. The minimum absolute atomic E-state index is 0.0342. The first-order chi connectivity index (χ1) is 6.07. The van der Waals surface area contributed by atoms with Crippen molar-refractivity contribution in [3.05, 3.63) is 0 Å². The highest BCUT2D eigenvalue weighted by Crippen LogP contribution is 2.04. The van der Waals surface area contributed by atoms with Crippen LogP contribution in [-0.2, 0) is 9.59 Å². The summed E-state index contributed by atoms with van der Waals surface area (Å²) >= 11 is 1.78. The quantitative estimate of drug-likeness (QED) is 0.660. The van der Waals surface area contributed by atoms with E-state index in [2.05, 4.69) is 12.2 Å². The molecule has 1 unspecified atom stereocenters. The van der Waals surface area contributed by atoms with E-state index < -0.39 is 0 Å². The molecule has 0 saturated carbocycles. The van der Waals surface area contributed by atoms with E-state index in [1.807, 2.05) is 0 Å². The molecule has 0 radical (unpaired) electrons. The lowest BCUT2D eigenvalue weighted by Crippen LogP contribution is -2.38. The average Bonchev–Trinajstić information content (AvgIpc) is 2.02. The molecule has 1 amide bonds. The van der Waals surface area contributed by atoms with Gasteiger partial charge in [-0.1, -0.05) is 6.92 Å². The molecule has 0 rings (SSSR count). The zero-order chi connectivity index (χ0) is 10.3. The van der Waals surface area contributed by atoms with Gasteiger partial charge in [-0.2, -0.15) is 11.8 Å². The Bertz CT molecular complexity index is 182. The second-order valence-electron chi connectivity index (χ2n) is 2.85. The van der Waals surface area contributed by atoms with E-state index in [-0.39, 0.29) is 17.7 Å². The lowest BCUT2D eigenvalue weighted by Gasteiger charge is -2.13. The molecule has 1 N–H and O–H groups in total. The summed E-state index contributed by atoms with van der Waals surface area (Å²) in [6.45, 7) is 5.02. The van der Waals surface area contributed by atoms with Crippen molar-refractivity contribution in [1.82, 2.24) is 5.32 Å². The van der Waals surface area contributed by atoms with Crippen molar-refractivity contribution in [2.45, 2.75) is 33.2 Å². The predicted octanol–water partition coefficient (Wildman–Crippen LogP) is 1.22. The fourth-order valence-corrected chi connectivity index (χ4v) is 1.66. The van der Waals surface area contributed by atoms with Gasteiger partial charge in [-0.25, -0.2) is 0 Å². The molecule has 0 aliphatic rings. The number of carbonyl (C=O) groups is 2. The van der Waals surface area contributed by atoms with E-state index >= 15 is 0 Å². The fourth-order valence-electron chi connectivity index (χ4n) is 0.968. The summed E-state index contributed by atoms with van der Waals surface area (Å²) in [5.41, 5.74) is 0. The highest BCUT2D eigenvalue weighted by Gasteiger charge is 2.13. The second-order valence-corrected chi connectivity index (χ2v) is 4.24. The SMILES string of the molecule is CCSCCC(NC(C)=O)C(C)=O. The van der Waals surface area contributed by atoms with Crippen LogP contribution < -0.4 is 5.32 Å². The molecule has 0 saturated heterocycles. The van der Waals surface area contributed by atoms with Crippen LogP contribution in [-0.4, -0.2) is 29.2 Å². The fraction of sp³-hybridized carbons (Fsp3) is 0.778. The van der Waals surface area contributed by atoms with Crippen molar-refractivity contribution in [3.63, 3.8) is 0 Å². The third-order valence-corrected chi connectivity index (χ3v) is 2.56. The lowest BCUT2D eigenvalue weighted by molar-refractivity contribution is -0.125. The van der Waals surface area contributed by atoms with Gasteiger partial charge in [0.1, 0.15) is 0 Å². The summed E-state index contributed by atoms with van der Waals surface area (Å²) in [7, 11) is 0. The third kappa shape index (κ3) is 6.63. The molecular weight excluding hydrogens is 186 g/mol. The molecule has 4 heteroatoms. The van der Waals surface area contributed by atoms with Gasteiger partial charge >= 0.3 is 0 Å². The Kier molecular flexibility index (Phi) is 6.68. The summed E-state index contributed by atoms with van der Waals surface area (Å²) in [6, 6.07) is -0.295. The predicted molar refractivity (Wildman–Crippen MR) is 55.9 cm³/mol. The Balaban J connectivity index is 3.81. The maximum absolute atomic E-state index is 11.0. The van der Waals surface area contributed by atoms with Crippen molar-refractivity contribution in [2.75, 3.05) is 11.5 Å². The maximum Gasteiger partial charge on any atom is 0.217 e. The minimum Gasteiger partial charge on any atom is -0.347 e. The molecule has 0 heterocycles. The molecule has 0 spiro atoms. The molecule has 0 aliphatic heterocycles. The van der Waals surface area contributed by atoms with E-state index in [1.54, 1.807) is 11.8 Å². The Morgan fingerprint density at radius 3 is 2.38 bits per heavy atom. The van der Waals surface area contributed by atoms with Gasteiger partial charge in [-0.05, 0) is 24.9 Å². The van der Waals surface area contributed by atoms with Gasteiger partial charge in [0.25, 0.3) is 0 Å². The number of amides is 1. The average molecular weight is 203 g/mol. The monoisotopic (exact) mass is 203 g/mol. The summed E-state index contributed by atoms with van der Waals surface area (Å²) in [4.78, 5) is 21.8. The highest BCUT2D eigenvalue weighted by atomic mass is 32.2. The standard InChI is InChI=1S/C9H17NO2S/c1-4-13-6-5-9(7(2)11)10-8(3)12/h9H,4-6H2,1-3H3,(H,10,12). The van der Waals surface area contributed by atoms with Crippen LogP contribution in [0.4, 0.5) is 0 Å². The van der Waals surface area contributed by atoms with Gasteiger partial charge in [-0.3, -0.25) is 9.59 Å². The van der Waals surface area contributed by atoms with Crippen LogP contribution in [0.1, 0.15) is 27.2 Å². The number of ketones is 1. The van der Waals surface area contributed by atoms with Crippen LogP contribution >= 0.6 is 11.8 Å². The maximum atomic E-state index is 11.0. The third-order valence-electron chi connectivity index (χ3n) is 1.62. The van der Waals surface area contributed by atoms with Crippen LogP contribution in [0.5, 0.6) is 0 Å². The van der Waals surface area contributed by atoms with Gasteiger partial charge in [0, 0.05) is 6.92 Å². The van der Waals surface area contributed by atoms with E-state index in [4.69, 9.17) is 0 Å². The normalized spacial score (nSPS) is 12.2. The van der Waals surface area contributed by atoms with E-state index in [9.17, 15) is 9.59 Å². The molecule has 76 valence electrons. The topological polar surface area (TPSA) is 46.2 Å². The van der Waals surface area contributed by atoms with Crippen molar-refractivity contribution in [1.29, 1.82) is 0 Å². The van der Waals surface area contributed by atoms with E-state index in [0.29, 0.717) is 0 Å². The molecule has 13 heavy (non-hydrogen) atoms. The first kappa shape index (κ1) is 12.5. The lowest BCUT2D eigenvalue weighted by atomic mass is 10.1. The van der Waals surface area contributed by atoms with Gasteiger partial charge in [-0.15, -0.1) is 0 Å². The molecule has 3 nitrogen and oxygen atoms in total. The van der Waals surface area contributed by atoms with Crippen LogP contribution in [0.15, 0.2) is 0 Å². The summed E-state index contributed by atoms with van der Waals surface area (Å²) in [6.07, 6.45) is 0.730. The van der Waals surface area contributed by atoms with Crippen molar-refractivity contribution >= 4 is 23.5 Å². The van der Waals surface area contributed by atoms with Crippen LogP contribution in [0.3, 0.4) is 0 Å². The van der Waals surface area contributed by atoms with E-state index in [0.717, 1.165) is 17.9 Å². The molecule has 0 aromatic carbocycles. The van der Waals surface area contributed by atoms with E-state index in [1.165, 1.54) is 13.8 Å². The molecule has 0 aromatic heterocycles. The zero-order valence-electron chi connectivity index (χ0n) is 8.42. The number of Topliss-reactive ketones (excluding diaryl/α,β-unsaturated/α-hetero) is 1. The molecule has 0 aromatic rings. The van der Waals surface area contributed by atoms with Crippen LogP contribution in [0.25, 0.3) is 0 Å². The number of hydrogen-bond donors (Lipinski definition) is 1. The summed E-state index contributed by atoms with van der Waals surface area (Å²) < 4.78 is 0. The zero-order valence-corrected chi connectivity index (χ0v) is 9.24. The molecule has 1 atom stereocenters. The molecular formula is C9H17NO2S. The smallest absolute Gasteiger partial charge is 0.217 e. The summed E-state index contributed by atoms with van der Waals surface area (Å²) in [5.74, 6) is 1.86. The minimum atomic E-state index is -0.295. The van der Waals surface area contributed by atoms with Gasteiger partial charge in [0.2, 0.25) is 5.91 Å². The van der Waals surface area contributed by atoms with Crippen LogP contribution in [0, 0.1) is 0 Å². The molecule has 0 fully saturated rings. The number of hydrogen-bond acceptors (Lipinski definition) is 3. The van der Waals surface area contributed by atoms with Gasteiger partial charge in [0.15, 0.2) is 5.78 Å². The van der Waals surface area contributed by atoms with Gasteiger partial charge < -0.3 is 5.32 Å². The Morgan fingerprint density at radius 1 is 1.38 bits per heavy atom. The Morgan fingerprint density at radius 2 is 2.00 bits per heavy atom. The number of thioether (sulfide) groups is 1. The molecule has 0 bridgehead atoms. The van der Waals surface area contributed by atoms with Crippen molar-refractivity contribution in [2.24, 2.45) is 0 Å². The first-order valence-corrected chi connectivity index (χ1v) is 5.58. The first-order valence-electron chi connectivity index (χ1n) is 4.43.